The molecule has 5 rings (SSSR count). The van der Waals surface area contributed by atoms with Crippen LogP contribution in [-0.4, -0.2) is 0 Å². The molecule has 1 aliphatic rings. The van der Waals surface area contributed by atoms with Gasteiger partial charge in [-0.15, -0.1) is 0 Å². The normalized spacial score (nSPS) is 12.7. The highest BCUT2D eigenvalue weighted by atomic mass is 35.5. The lowest BCUT2D eigenvalue weighted by molar-refractivity contribution is 0.493. The van der Waals surface area contributed by atoms with Gasteiger partial charge in [0, 0.05) is 26.6 Å². The Labute approximate surface area is 120 Å². The van der Waals surface area contributed by atoms with Crippen molar-refractivity contribution in [2.45, 2.75) is 0 Å². The summed E-state index contributed by atoms with van der Waals surface area (Å²) < 4.78 is 6.08. The highest BCUT2D eigenvalue weighted by molar-refractivity contribution is 6.39. The van der Waals surface area contributed by atoms with Crippen molar-refractivity contribution < 1.29 is 4.74 Å². The van der Waals surface area contributed by atoms with Gasteiger partial charge in [0.15, 0.2) is 0 Å². The predicted octanol–water partition coefficient (Wildman–Crippen LogP) is 5.91. The zero-order valence-electron chi connectivity index (χ0n) is 10.5. The van der Waals surface area contributed by atoms with Gasteiger partial charge in [0.25, 0.3) is 0 Å². The molecule has 4 aromatic rings. The van der Waals surface area contributed by atoms with Gasteiger partial charge in [-0.1, -0.05) is 48.0 Å². The molecule has 0 spiro atoms. The van der Waals surface area contributed by atoms with Crippen LogP contribution in [0.3, 0.4) is 0 Å². The molecule has 0 aliphatic carbocycles. The molecule has 0 fully saturated rings. The molecule has 0 amide bonds. The highest BCUT2D eigenvalue weighted by Gasteiger charge is 2.19. The standard InChI is InChI=1S/C18H9ClO/c19-13-9-11-8-7-10-3-1-5-14-16(10)17(11)18-12(13)4-2-6-15(18)20-14/h1-9H. The van der Waals surface area contributed by atoms with Crippen LogP contribution in [0.1, 0.15) is 0 Å². The molecular weight excluding hydrogens is 268 g/mol. The van der Waals surface area contributed by atoms with E-state index in [0.29, 0.717) is 0 Å². The lowest BCUT2D eigenvalue weighted by Gasteiger charge is -2.20. The van der Waals surface area contributed by atoms with Crippen molar-refractivity contribution >= 4 is 43.9 Å². The van der Waals surface area contributed by atoms with E-state index in [1.165, 1.54) is 21.5 Å². The molecule has 1 heterocycles. The average Bonchev–Trinajstić information content (AvgIpc) is 2.48. The van der Waals surface area contributed by atoms with Gasteiger partial charge in [-0.2, -0.15) is 0 Å². The van der Waals surface area contributed by atoms with Gasteiger partial charge in [-0.05, 0) is 29.0 Å². The first kappa shape index (κ1) is 10.5. The third-order valence-corrected chi connectivity index (χ3v) is 4.39. The predicted molar refractivity (Wildman–Crippen MR) is 84.0 cm³/mol. The lowest BCUT2D eigenvalue weighted by Crippen LogP contribution is -1.95. The largest absolute Gasteiger partial charge is 0.456 e. The van der Waals surface area contributed by atoms with Crippen LogP contribution in [0.2, 0.25) is 5.02 Å². The van der Waals surface area contributed by atoms with Gasteiger partial charge in [0.05, 0.1) is 0 Å². The number of benzene rings is 4. The quantitative estimate of drug-likeness (QED) is 0.320. The first-order valence-corrected chi connectivity index (χ1v) is 6.95. The van der Waals surface area contributed by atoms with Crippen molar-refractivity contribution in [3.63, 3.8) is 0 Å². The zero-order valence-corrected chi connectivity index (χ0v) is 11.2. The molecule has 0 radical (unpaired) electrons. The van der Waals surface area contributed by atoms with E-state index in [4.69, 9.17) is 16.3 Å². The van der Waals surface area contributed by atoms with Crippen molar-refractivity contribution in [2.24, 2.45) is 0 Å². The molecule has 0 bridgehead atoms. The number of rotatable bonds is 0. The molecule has 1 nitrogen and oxygen atoms in total. The fraction of sp³-hybridized carbons (Fsp3) is 0. The van der Waals surface area contributed by atoms with Crippen LogP contribution in [-0.2, 0) is 0 Å². The van der Waals surface area contributed by atoms with E-state index >= 15 is 0 Å². The minimum absolute atomic E-state index is 0.775. The van der Waals surface area contributed by atoms with Crippen LogP contribution in [0.15, 0.2) is 54.6 Å². The van der Waals surface area contributed by atoms with E-state index in [1.54, 1.807) is 0 Å². The smallest absolute Gasteiger partial charge is 0.135 e. The van der Waals surface area contributed by atoms with Crippen LogP contribution in [0.4, 0.5) is 0 Å². The van der Waals surface area contributed by atoms with E-state index in [-0.39, 0.29) is 0 Å². The van der Waals surface area contributed by atoms with Crippen molar-refractivity contribution in [1.29, 1.82) is 0 Å². The summed E-state index contributed by atoms with van der Waals surface area (Å²) in [5.41, 5.74) is 0. The first-order chi connectivity index (χ1) is 9.83. The van der Waals surface area contributed by atoms with Crippen molar-refractivity contribution in [2.75, 3.05) is 0 Å². The number of ether oxygens (including phenoxy) is 1. The zero-order chi connectivity index (χ0) is 13.3. The Hall–Kier alpha value is -2.25. The molecule has 0 saturated carbocycles. The molecule has 0 aromatic heterocycles. The van der Waals surface area contributed by atoms with E-state index in [9.17, 15) is 0 Å². The van der Waals surface area contributed by atoms with Crippen LogP contribution >= 0.6 is 11.6 Å². The Balaban J connectivity index is 2.25. The third kappa shape index (κ3) is 1.14. The van der Waals surface area contributed by atoms with Crippen molar-refractivity contribution in [1.82, 2.24) is 0 Å². The minimum atomic E-state index is 0.775. The Bertz CT molecular complexity index is 1030. The molecule has 20 heavy (non-hydrogen) atoms. The highest BCUT2D eigenvalue weighted by Crippen LogP contribution is 2.48. The first-order valence-electron chi connectivity index (χ1n) is 6.57. The minimum Gasteiger partial charge on any atom is -0.456 e. The second-order valence-corrected chi connectivity index (χ2v) is 5.56. The second kappa shape index (κ2) is 3.44. The Kier molecular flexibility index (Phi) is 1.81. The molecule has 0 N–H and O–H groups in total. The molecule has 0 unspecified atom stereocenters. The summed E-state index contributed by atoms with van der Waals surface area (Å²) >= 11 is 6.42. The van der Waals surface area contributed by atoms with Crippen LogP contribution in [0.5, 0.6) is 11.5 Å². The molecule has 2 heteroatoms. The van der Waals surface area contributed by atoms with Crippen molar-refractivity contribution in [3.05, 3.63) is 59.6 Å². The summed E-state index contributed by atoms with van der Waals surface area (Å²) in [6, 6.07) is 18.5. The van der Waals surface area contributed by atoms with E-state index < -0.39 is 0 Å². The van der Waals surface area contributed by atoms with Gasteiger partial charge in [-0.3, -0.25) is 0 Å². The van der Waals surface area contributed by atoms with E-state index in [1.807, 2.05) is 30.3 Å². The van der Waals surface area contributed by atoms with Gasteiger partial charge in [0.1, 0.15) is 11.5 Å². The topological polar surface area (TPSA) is 9.23 Å². The fourth-order valence-electron chi connectivity index (χ4n) is 3.24. The van der Waals surface area contributed by atoms with Gasteiger partial charge >= 0.3 is 0 Å². The Morgan fingerprint density at radius 2 is 1.45 bits per heavy atom. The summed E-state index contributed by atoms with van der Waals surface area (Å²) in [5.74, 6) is 1.82. The van der Waals surface area contributed by atoms with E-state index in [0.717, 1.165) is 27.3 Å². The monoisotopic (exact) mass is 276 g/mol. The SMILES string of the molecule is Clc1cc2ccc3cccc4c3c2c2c(cccc12)O4. The molecule has 0 saturated heterocycles. The molecule has 1 aliphatic heterocycles. The maximum Gasteiger partial charge on any atom is 0.135 e. The molecule has 4 aromatic carbocycles. The third-order valence-electron chi connectivity index (χ3n) is 4.08. The summed E-state index contributed by atoms with van der Waals surface area (Å²) in [6.07, 6.45) is 0. The van der Waals surface area contributed by atoms with Crippen molar-refractivity contribution in [3.8, 4) is 11.5 Å². The van der Waals surface area contributed by atoms with Crippen LogP contribution < -0.4 is 4.74 Å². The second-order valence-electron chi connectivity index (χ2n) is 5.16. The summed E-state index contributed by atoms with van der Waals surface area (Å²) in [6.45, 7) is 0. The van der Waals surface area contributed by atoms with Gasteiger partial charge in [-0.25, -0.2) is 0 Å². The molecular formula is C18H9ClO. The number of hydrogen-bond donors (Lipinski definition) is 0. The van der Waals surface area contributed by atoms with Crippen LogP contribution in [0, 0.1) is 0 Å². The van der Waals surface area contributed by atoms with Gasteiger partial charge < -0.3 is 4.74 Å². The maximum absolute atomic E-state index is 6.42. The Morgan fingerprint density at radius 1 is 0.700 bits per heavy atom. The maximum atomic E-state index is 6.42. The number of halogens is 1. The molecule has 94 valence electrons. The Morgan fingerprint density at radius 3 is 2.35 bits per heavy atom. The summed E-state index contributed by atoms with van der Waals surface area (Å²) in [5, 5.41) is 7.76. The average molecular weight is 277 g/mol. The van der Waals surface area contributed by atoms with Crippen LogP contribution in [0.25, 0.3) is 32.3 Å². The summed E-state index contributed by atoms with van der Waals surface area (Å²) in [4.78, 5) is 0. The summed E-state index contributed by atoms with van der Waals surface area (Å²) in [7, 11) is 0. The number of hydrogen-bond acceptors (Lipinski definition) is 1. The van der Waals surface area contributed by atoms with E-state index in [2.05, 4.69) is 24.3 Å². The lowest BCUT2D eigenvalue weighted by atomic mass is 9.94. The van der Waals surface area contributed by atoms with Gasteiger partial charge in [0.2, 0.25) is 0 Å². The fourth-order valence-corrected chi connectivity index (χ4v) is 3.52. The molecule has 0 atom stereocenters.